The van der Waals surface area contributed by atoms with Gasteiger partial charge in [0.25, 0.3) is 0 Å². The maximum atomic E-state index is 11.1. The maximum Gasteiger partial charge on any atom is 0.339 e. The zero-order valence-electron chi connectivity index (χ0n) is 7.85. The largest absolute Gasteiger partial charge is 0.508 e. The van der Waals surface area contributed by atoms with E-state index < -0.39 is 5.63 Å². The van der Waals surface area contributed by atoms with E-state index in [0.29, 0.717) is 0 Å². The first-order valence-electron chi connectivity index (χ1n) is 4.15. The van der Waals surface area contributed by atoms with E-state index in [2.05, 4.69) is 0 Å². The van der Waals surface area contributed by atoms with Crippen LogP contribution in [0, 0.1) is 0 Å². The fourth-order valence-electron chi connectivity index (χ4n) is 1.39. The van der Waals surface area contributed by atoms with Gasteiger partial charge < -0.3 is 19.4 Å². The quantitative estimate of drug-likeness (QED) is 0.688. The van der Waals surface area contributed by atoms with Gasteiger partial charge in [-0.05, 0) is 0 Å². The number of aromatic hydroxyl groups is 2. The summed E-state index contributed by atoms with van der Waals surface area (Å²) in [7, 11) is 1.38. The van der Waals surface area contributed by atoms with Crippen LogP contribution in [0.2, 0.25) is 0 Å². The van der Waals surface area contributed by atoms with Gasteiger partial charge in [-0.3, -0.25) is 0 Å². The van der Waals surface area contributed by atoms with Crippen LogP contribution in [0.25, 0.3) is 11.0 Å². The Balaban J connectivity index is 2.96. The number of phenolic OH excluding ortho intramolecular Hbond substituents is 2. The molecule has 1 aromatic heterocycles. The molecule has 15 heavy (non-hydrogen) atoms. The van der Waals surface area contributed by atoms with E-state index in [1.807, 2.05) is 0 Å². The molecule has 0 radical (unpaired) electrons. The summed E-state index contributed by atoms with van der Waals surface area (Å²) in [5.74, 6) is -0.180. The number of hydrogen-bond acceptors (Lipinski definition) is 5. The topological polar surface area (TPSA) is 79.9 Å². The van der Waals surface area contributed by atoms with Gasteiger partial charge in [0.15, 0.2) is 0 Å². The van der Waals surface area contributed by atoms with Gasteiger partial charge in [0.05, 0.1) is 13.2 Å². The van der Waals surface area contributed by atoms with Gasteiger partial charge in [0, 0.05) is 12.1 Å². The average molecular weight is 208 g/mol. The van der Waals surface area contributed by atoms with Crippen molar-refractivity contribution in [3.05, 3.63) is 28.6 Å². The molecule has 0 saturated heterocycles. The molecule has 5 nitrogen and oxygen atoms in total. The molecule has 1 aromatic carbocycles. The lowest BCUT2D eigenvalue weighted by molar-refractivity contribution is 0.407. The summed E-state index contributed by atoms with van der Waals surface area (Å²) in [6.07, 6.45) is 0. The minimum atomic E-state index is -0.607. The third kappa shape index (κ3) is 1.48. The van der Waals surface area contributed by atoms with E-state index in [-0.39, 0.29) is 28.2 Å². The molecule has 2 rings (SSSR count). The Labute approximate surface area is 84.1 Å². The second-order valence-electron chi connectivity index (χ2n) is 2.97. The highest BCUT2D eigenvalue weighted by Gasteiger charge is 2.11. The van der Waals surface area contributed by atoms with Crippen molar-refractivity contribution in [3.8, 4) is 17.2 Å². The Morgan fingerprint density at radius 2 is 2.00 bits per heavy atom. The van der Waals surface area contributed by atoms with Crippen LogP contribution in [-0.2, 0) is 0 Å². The molecule has 1 heterocycles. The zero-order chi connectivity index (χ0) is 11.0. The van der Waals surface area contributed by atoms with E-state index in [4.69, 9.17) is 9.15 Å². The second kappa shape index (κ2) is 3.20. The fraction of sp³-hybridized carbons (Fsp3) is 0.100. The number of phenols is 2. The normalized spacial score (nSPS) is 10.5. The zero-order valence-corrected chi connectivity index (χ0v) is 7.85. The summed E-state index contributed by atoms with van der Waals surface area (Å²) in [6.45, 7) is 0. The van der Waals surface area contributed by atoms with E-state index in [0.717, 1.165) is 12.1 Å². The van der Waals surface area contributed by atoms with E-state index in [1.54, 1.807) is 0 Å². The average Bonchev–Trinajstić information content (AvgIpc) is 2.14. The van der Waals surface area contributed by atoms with Crippen molar-refractivity contribution in [2.24, 2.45) is 0 Å². The molecule has 78 valence electrons. The van der Waals surface area contributed by atoms with E-state index in [9.17, 15) is 15.0 Å². The highest BCUT2D eigenvalue weighted by atomic mass is 16.5. The predicted molar refractivity (Wildman–Crippen MR) is 52.4 cm³/mol. The van der Waals surface area contributed by atoms with Crippen molar-refractivity contribution in [1.29, 1.82) is 0 Å². The molecule has 0 amide bonds. The Kier molecular flexibility index (Phi) is 2.00. The molecule has 0 fully saturated rings. The molecule has 0 atom stereocenters. The van der Waals surface area contributed by atoms with E-state index in [1.165, 1.54) is 13.2 Å². The van der Waals surface area contributed by atoms with Crippen molar-refractivity contribution >= 4 is 11.0 Å². The first-order valence-corrected chi connectivity index (χ1v) is 4.15. The molecule has 0 saturated carbocycles. The van der Waals surface area contributed by atoms with Crippen LogP contribution in [0.15, 0.2) is 27.4 Å². The molecule has 0 unspecified atom stereocenters. The maximum absolute atomic E-state index is 11.1. The molecule has 5 heteroatoms. The Morgan fingerprint density at radius 3 is 2.67 bits per heavy atom. The van der Waals surface area contributed by atoms with Gasteiger partial charge >= 0.3 is 5.63 Å². The number of methoxy groups -OCH3 is 1. The molecule has 2 aromatic rings. The van der Waals surface area contributed by atoms with Gasteiger partial charge in [0.1, 0.15) is 28.2 Å². The van der Waals surface area contributed by atoms with Crippen molar-refractivity contribution < 1.29 is 19.4 Å². The van der Waals surface area contributed by atoms with Gasteiger partial charge in [-0.2, -0.15) is 0 Å². The standard InChI is InChI=1S/C10H8O5/c1-14-7-4-9(13)15-8-3-5(11)2-6(12)10(7)8/h2-4,11-12H,1H3. The van der Waals surface area contributed by atoms with Crippen LogP contribution >= 0.6 is 0 Å². The summed E-state index contributed by atoms with van der Waals surface area (Å²) in [5, 5.41) is 19.0. The van der Waals surface area contributed by atoms with E-state index >= 15 is 0 Å². The number of ether oxygens (including phenoxy) is 1. The molecular weight excluding hydrogens is 200 g/mol. The van der Waals surface area contributed by atoms with Crippen molar-refractivity contribution in [2.45, 2.75) is 0 Å². The monoisotopic (exact) mass is 208 g/mol. The van der Waals surface area contributed by atoms with Gasteiger partial charge in [-0.1, -0.05) is 0 Å². The summed E-state index contributed by atoms with van der Waals surface area (Å²) < 4.78 is 9.74. The molecule has 0 aliphatic rings. The van der Waals surface area contributed by atoms with Crippen molar-refractivity contribution in [2.75, 3.05) is 7.11 Å². The SMILES string of the molecule is COc1cc(=O)oc2cc(O)cc(O)c12. The van der Waals surface area contributed by atoms with Gasteiger partial charge in [0.2, 0.25) is 0 Å². The number of hydrogen-bond donors (Lipinski definition) is 2. The lowest BCUT2D eigenvalue weighted by atomic mass is 10.2. The summed E-state index contributed by atoms with van der Waals surface area (Å²) >= 11 is 0. The van der Waals surface area contributed by atoms with Crippen LogP contribution in [-0.4, -0.2) is 17.3 Å². The Bertz CT molecular complexity index is 570. The number of rotatable bonds is 1. The third-order valence-electron chi connectivity index (χ3n) is 1.99. The molecule has 0 aliphatic carbocycles. The third-order valence-corrected chi connectivity index (χ3v) is 1.99. The van der Waals surface area contributed by atoms with Crippen LogP contribution in [0.5, 0.6) is 17.2 Å². The predicted octanol–water partition coefficient (Wildman–Crippen LogP) is 1.21. The van der Waals surface area contributed by atoms with Crippen molar-refractivity contribution in [1.82, 2.24) is 0 Å². The summed E-state index contributed by atoms with van der Waals surface area (Å²) in [4.78, 5) is 11.1. The first-order chi connectivity index (χ1) is 7.11. The van der Waals surface area contributed by atoms with Gasteiger partial charge in [-0.25, -0.2) is 4.79 Å². The first kappa shape index (κ1) is 9.39. The van der Waals surface area contributed by atoms with Crippen LogP contribution in [0.4, 0.5) is 0 Å². The smallest absolute Gasteiger partial charge is 0.339 e. The molecule has 0 aliphatic heterocycles. The van der Waals surface area contributed by atoms with Crippen LogP contribution in [0.1, 0.15) is 0 Å². The minimum absolute atomic E-state index is 0.0804. The highest BCUT2D eigenvalue weighted by molar-refractivity contribution is 5.90. The summed E-state index contributed by atoms with van der Waals surface area (Å²) in [5.41, 5.74) is -0.527. The molecular formula is C10H8O5. The highest BCUT2D eigenvalue weighted by Crippen LogP contribution is 2.34. The lowest BCUT2D eigenvalue weighted by Crippen LogP contribution is -1.98. The Morgan fingerprint density at radius 1 is 1.27 bits per heavy atom. The summed E-state index contributed by atoms with van der Waals surface area (Å²) in [6, 6.07) is 3.50. The minimum Gasteiger partial charge on any atom is -0.508 e. The number of fused-ring (bicyclic) bond motifs is 1. The lowest BCUT2D eigenvalue weighted by Gasteiger charge is -2.05. The molecule has 2 N–H and O–H groups in total. The second-order valence-corrected chi connectivity index (χ2v) is 2.97. The van der Waals surface area contributed by atoms with Gasteiger partial charge in [-0.15, -0.1) is 0 Å². The molecule has 0 spiro atoms. The van der Waals surface area contributed by atoms with Crippen LogP contribution < -0.4 is 10.4 Å². The Hall–Kier alpha value is -2.17. The fourth-order valence-corrected chi connectivity index (χ4v) is 1.39. The van der Waals surface area contributed by atoms with Crippen molar-refractivity contribution in [3.63, 3.8) is 0 Å². The molecule has 0 bridgehead atoms. The number of benzene rings is 1. The van der Waals surface area contributed by atoms with Crippen LogP contribution in [0.3, 0.4) is 0 Å².